The van der Waals surface area contributed by atoms with E-state index in [0.717, 1.165) is 37.0 Å². The maximum Gasteiger partial charge on any atom is 0.253 e. The number of fused-ring (bicyclic) bond motifs is 2. The Bertz CT molecular complexity index is 1650. The second-order valence-electron chi connectivity index (χ2n) is 8.33. The SMILES string of the molecule is COc1ccc2sc(-c3ccc(S(C)(=O)=O)cc3)c(C(=O)NCCc3c[nH]c4ccccc34)c2c1. The molecule has 0 fully saturated rings. The van der Waals surface area contributed by atoms with Crippen LogP contribution in [0.5, 0.6) is 5.75 Å². The predicted molar refractivity (Wildman–Crippen MR) is 141 cm³/mol. The fourth-order valence-electron chi connectivity index (χ4n) is 4.22. The summed E-state index contributed by atoms with van der Waals surface area (Å²) in [5.41, 5.74) is 3.58. The van der Waals surface area contributed by atoms with Crippen LogP contribution in [0.4, 0.5) is 0 Å². The molecule has 3 aromatic carbocycles. The number of hydrogen-bond donors (Lipinski definition) is 2. The number of H-pyrrole nitrogens is 1. The highest BCUT2D eigenvalue weighted by Gasteiger charge is 2.21. The first kappa shape index (κ1) is 23.1. The lowest BCUT2D eigenvalue weighted by Gasteiger charge is -2.08. The summed E-state index contributed by atoms with van der Waals surface area (Å²) in [5.74, 6) is 0.494. The lowest BCUT2D eigenvalue weighted by atomic mass is 10.0. The van der Waals surface area contributed by atoms with Crippen LogP contribution in [0.1, 0.15) is 15.9 Å². The predicted octanol–water partition coefficient (Wildman–Crippen LogP) is 5.43. The van der Waals surface area contributed by atoms with Crippen LogP contribution in [-0.2, 0) is 16.3 Å². The van der Waals surface area contributed by atoms with Gasteiger partial charge in [-0.05, 0) is 53.9 Å². The number of aromatic nitrogens is 1. The topological polar surface area (TPSA) is 88.3 Å². The van der Waals surface area contributed by atoms with E-state index >= 15 is 0 Å². The molecule has 0 saturated carbocycles. The fraction of sp³-hybridized carbons (Fsp3) is 0.148. The average Bonchev–Trinajstić information content (AvgIpc) is 3.44. The van der Waals surface area contributed by atoms with Crippen LogP contribution in [0, 0.1) is 0 Å². The van der Waals surface area contributed by atoms with Crippen molar-refractivity contribution in [2.45, 2.75) is 11.3 Å². The number of aromatic amines is 1. The van der Waals surface area contributed by atoms with Gasteiger partial charge in [0, 0.05) is 44.9 Å². The molecule has 1 amide bonds. The van der Waals surface area contributed by atoms with Crippen molar-refractivity contribution in [1.29, 1.82) is 0 Å². The third kappa shape index (κ3) is 4.54. The zero-order valence-electron chi connectivity index (χ0n) is 19.3. The minimum atomic E-state index is -3.31. The Labute approximate surface area is 207 Å². The number of sulfone groups is 1. The maximum absolute atomic E-state index is 13.5. The second kappa shape index (κ2) is 9.20. The molecule has 2 heterocycles. The normalized spacial score (nSPS) is 11.7. The molecular formula is C27H24N2O4S2. The minimum Gasteiger partial charge on any atom is -0.497 e. The Balaban J connectivity index is 1.47. The number of amides is 1. The van der Waals surface area contributed by atoms with Gasteiger partial charge in [0.15, 0.2) is 9.84 Å². The number of carbonyl (C=O) groups excluding carboxylic acids is 1. The van der Waals surface area contributed by atoms with E-state index in [1.54, 1.807) is 31.4 Å². The van der Waals surface area contributed by atoms with E-state index in [1.807, 2.05) is 42.6 Å². The van der Waals surface area contributed by atoms with Crippen LogP contribution in [0.15, 0.2) is 77.8 Å². The summed E-state index contributed by atoms with van der Waals surface area (Å²) in [7, 11) is -1.71. The third-order valence-electron chi connectivity index (χ3n) is 6.02. The maximum atomic E-state index is 13.5. The van der Waals surface area contributed by atoms with Crippen LogP contribution in [0.2, 0.25) is 0 Å². The smallest absolute Gasteiger partial charge is 0.253 e. The average molecular weight is 505 g/mol. The van der Waals surface area contributed by atoms with Gasteiger partial charge in [-0.25, -0.2) is 8.42 Å². The molecule has 2 aromatic heterocycles. The molecule has 6 nitrogen and oxygen atoms in total. The van der Waals surface area contributed by atoms with Gasteiger partial charge in [-0.3, -0.25) is 4.79 Å². The van der Waals surface area contributed by atoms with Gasteiger partial charge in [-0.15, -0.1) is 11.3 Å². The molecule has 0 bridgehead atoms. The van der Waals surface area contributed by atoms with Gasteiger partial charge in [-0.2, -0.15) is 0 Å². The monoisotopic (exact) mass is 504 g/mol. The summed E-state index contributed by atoms with van der Waals surface area (Å²) in [4.78, 5) is 17.8. The molecule has 0 unspecified atom stereocenters. The van der Waals surface area contributed by atoms with Gasteiger partial charge in [0.25, 0.3) is 5.91 Å². The van der Waals surface area contributed by atoms with Crippen LogP contribution < -0.4 is 10.1 Å². The quantitative estimate of drug-likeness (QED) is 0.309. The van der Waals surface area contributed by atoms with Crippen LogP contribution in [0.25, 0.3) is 31.4 Å². The van der Waals surface area contributed by atoms with Gasteiger partial charge in [-0.1, -0.05) is 30.3 Å². The van der Waals surface area contributed by atoms with Gasteiger partial charge in [0.1, 0.15) is 5.75 Å². The largest absolute Gasteiger partial charge is 0.497 e. The van der Waals surface area contributed by atoms with Crippen molar-refractivity contribution in [3.63, 3.8) is 0 Å². The molecule has 5 aromatic rings. The Morgan fingerprint density at radius 2 is 1.80 bits per heavy atom. The zero-order valence-corrected chi connectivity index (χ0v) is 20.9. The van der Waals surface area contributed by atoms with E-state index in [1.165, 1.54) is 17.6 Å². The van der Waals surface area contributed by atoms with Crippen molar-refractivity contribution < 1.29 is 17.9 Å². The van der Waals surface area contributed by atoms with E-state index in [-0.39, 0.29) is 10.8 Å². The highest BCUT2D eigenvalue weighted by molar-refractivity contribution is 7.90. The molecule has 0 aliphatic heterocycles. The third-order valence-corrected chi connectivity index (χ3v) is 8.37. The molecule has 0 aliphatic rings. The molecule has 178 valence electrons. The number of methoxy groups -OCH3 is 1. The molecule has 0 atom stereocenters. The summed E-state index contributed by atoms with van der Waals surface area (Å²) in [5, 5.41) is 5.04. The number of para-hydroxylation sites is 1. The summed E-state index contributed by atoms with van der Waals surface area (Å²) in [6.07, 6.45) is 3.86. The second-order valence-corrected chi connectivity index (χ2v) is 11.4. The number of thiophene rings is 1. The van der Waals surface area contributed by atoms with Crippen molar-refractivity contribution in [2.24, 2.45) is 0 Å². The molecule has 0 radical (unpaired) electrons. The highest BCUT2D eigenvalue weighted by atomic mass is 32.2. The highest BCUT2D eigenvalue weighted by Crippen LogP contribution is 2.40. The van der Waals surface area contributed by atoms with E-state index in [0.29, 0.717) is 24.3 Å². The minimum absolute atomic E-state index is 0.175. The van der Waals surface area contributed by atoms with Crippen LogP contribution >= 0.6 is 11.3 Å². The molecule has 0 aliphatic carbocycles. The fourth-order valence-corrected chi connectivity index (χ4v) is 6.04. The Hall–Kier alpha value is -3.62. The lowest BCUT2D eigenvalue weighted by Crippen LogP contribution is -2.25. The number of carbonyl (C=O) groups is 1. The Morgan fingerprint density at radius 3 is 2.54 bits per heavy atom. The Morgan fingerprint density at radius 1 is 1.03 bits per heavy atom. The first-order valence-corrected chi connectivity index (χ1v) is 13.8. The zero-order chi connectivity index (χ0) is 24.6. The first-order chi connectivity index (χ1) is 16.8. The van der Waals surface area contributed by atoms with E-state index in [4.69, 9.17) is 4.74 Å². The summed E-state index contributed by atoms with van der Waals surface area (Å²) in [6.45, 7) is 0.481. The van der Waals surface area contributed by atoms with Gasteiger partial charge in [0.2, 0.25) is 0 Å². The lowest BCUT2D eigenvalue weighted by molar-refractivity contribution is 0.0956. The number of rotatable bonds is 7. The number of benzene rings is 3. The number of hydrogen-bond acceptors (Lipinski definition) is 5. The molecule has 5 rings (SSSR count). The molecular weight excluding hydrogens is 480 g/mol. The van der Waals surface area contributed by atoms with Crippen LogP contribution in [0.3, 0.4) is 0 Å². The number of ether oxygens (including phenoxy) is 1. The van der Waals surface area contributed by atoms with Crippen molar-refractivity contribution in [3.05, 3.63) is 84.1 Å². The van der Waals surface area contributed by atoms with E-state index in [2.05, 4.69) is 16.4 Å². The molecule has 2 N–H and O–H groups in total. The van der Waals surface area contributed by atoms with E-state index < -0.39 is 9.84 Å². The van der Waals surface area contributed by atoms with Crippen molar-refractivity contribution in [3.8, 4) is 16.2 Å². The first-order valence-electron chi connectivity index (χ1n) is 11.1. The molecule has 0 saturated heterocycles. The van der Waals surface area contributed by atoms with Crippen molar-refractivity contribution >= 4 is 48.1 Å². The van der Waals surface area contributed by atoms with Gasteiger partial charge in [0.05, 0.1) is 17.6 Å². The van der Waals surface area contributed by atoms with Gasteiger partial charge >= 0.3 is 0 Å². The summed E-state index contributed by atoms with van der Waals surface area (Å²) in [6, 6.07) is 20.4. The Kier molecular flexibility index (Phi) is 6.08. The van der Waals surface area contributed by atoms with Crippen molar-refractivity contribution in [2.75, 3.05) is 19.9 Å². The van der Waals surface area contributed by atoms with Gasteiger partial charge < -0.3 is 15.0 Å². The van der Waals surface area contributed by atoms with E-state index in [9.17, 15) is 13.2 Å². The van der Waals surface area contributed by atoms with Crippen molar-refractivity contribution in [1.82, 2.24) is 10.3 Å². The standard InChI is InChI=1S/C27H24N2O4S2/c1-33-19-9-12-24-22(15-19)25(26(34-24)17-7-10-20(11-8-17)35(2,31)32)27(30)28-14-13-18-16-29-23-6-4-3-5-21(18)23/h3-12,15-16,29H,13-14H2,1-2H3,(H,28,30). The van der Waals surface area contributed by atoms with Crippen LogP contribution in [-0.4, -0.2) is 39.2 Å². The molecule has 35 heavy (non-hydrogen) atoms. The summed E-state index contributed by atoms with van der Waals surface area (Å²) >= 11 is 1.50. The number of nitrogens with one attached hydrogen (secondary N) is 2. The molecule has 8 heteroatoms. The summed E-state index contributed by atoms with van der Waals surface area (Å²) < 4.78 is 30.1. The molecule has 0 spiro atoms.